The van der Waals surface area contributed by atoms with E-state index >= 15 is 0 Å². The molecule has 0 aliphatic rings. The molecule has 0 aromatic rings. The molecule has 0 aliphatic carbocycles. The van der Waals surface area contributed by atoms with E-state index in [4.69, 9.17) is 9.84 Å². The maximum Gasteiger partial charge on any atom is 0.320 e. The van der Waals surface area contributed by atoms with Gasteiger partial charge in [-0.15, -0.1) is 0 Å². The van der Waals surface area contributed by atoms with E-state index in [-0.39, 0.29) is 0 Å². The molecule has 0 aromatic carbocycles. The molecule has 0 saturated carbocycles. The molecule has 0 saturated heterocycles. The van der Waals surface area contributed by atoms with Gasteiger partial charge in [0.25, 0.3) is 0 Å². The molecule has 0 unspecified atom stereocenters. The van der Waals surface area contributed by atoms with E-state index in [1.165, 1.54) is 0 Å². The van der Waals surface area contributed by atoms with E-state index in [9.17, 15) is 4.79 Å². The lowest BCUT2D eigenvalue weighted by Gasteiger charge is -2.07. The Morgan fingerprint density at radius 1 is 1.73 bits per heavy atom. The predicted octanol–water partition coefficient (Wildman–Crippen LogP) is 0.0856. The fraction of sp³-hybridized carbons (Fsp3) is 0.857. The van der Waals surface area contributed by atoms with Crippen LogP contribution in [0.2, 0.25) is 0 Å². The molecular weight excluding hydrogens is 146 g/mol. The van der Waals surface area contributed by atoms with Crippen molar-refractivity contribution in [2.24, 2.45) is 0 Å². The van der Waals surface area contributed by atoms with Crippen LogP contribution >= 0.6 is 0 Å². The van der Waals surface area contributed by atoms with Gasteiger partial charge >= 0.3 is 5.97 Å². The Kier molecular flexibility index (Phi) is 5.78. The van der Waals surface area contributed by atoms with Crippen LogP contribution in [-0.4, -0.2) is 36.9 Å². The first-order valence-corrected chi connectivity index (χ1v) is 3.72. The lowest BCUT2D eigenvalue weighted by atomic mass is 10.3. The summed E-state index contributed by atoms with van der Waals surface area (Å²) in [5, 5.41) is 11.2. The van der Waals surface area contributed by atoms with Crippen LogP contribution in [0.1, 0.15) is 13.8 Å². The van der Waals surface area contributed by atoms with Crippen LogP contribution < -0.4 is 5.32 Å². The highest BCUT2D eigenvalue weighted by molar-refractivity contribution is 5.72. The van der Waals surface area contributed by atoms with Crippen molar-refractivity contribution in [3.8, 4) is 0 Å². The largest absolute Gasteiger partial charge is 0.480 e. The Morgan fingerprint density at radius 3 is 2.82 bits per heavy atom. The number of carboxylic acids is 1. The van der Waals surface area contributed by atoms with Crippen molar-refractivity contribution in [2.45, 2.75) is 19.9 Å². The monoisotopic (exact) mass is 161 g/mol. The second kappa shape index (κ2) is 6.12. The number of ether oxygens (including phenoxy) is 1. The molecule has 0 aliphatic heterocycles. The number of carbonyl (C=O) groups is 1. The summed E-state index contributed by atoms with van der Waals surface area (Å²) in [4.78, 5) is 10.3. The summed E-state index contributed by atoms with van der Waals surface area (Å²) < 4.78 is 5.01. The molecule has 0 heterocycles. The highest BCUT2D eigenvalue weighted by Gasteiger charge is 2.07. The van der Waals surface area contributed by atoms with Crippen molar-refractivity contribution in [3.63, 3.8) is 0 Å². The van der Waals surface area contributed by atoms with E-state index in [1.807, 2.05) is 6.92 Å². The zero-order valence-electron chi connectivity index (χ0n) is 6.96. The number of rotatable bonds is 6. The number of hydrogen-bond donors (Lipinski definition) is 2. The molecular formula is C7H15NO3. The lowest BCUT2D eigenvalue weighted by molar-refractivity contribution is -0.139. The maximum absolute atomic E-state index is 10.3. The Hall–Kier alpha value is -0.610. The minimum absolute atomic E-state index is 0.490. The standard InChI is InChI=1S/C7H15NO3/c1-3-11-5-4-8-6(2)7(9)10/h6,8H,3-5H2,1-2H3,(H,9,10)/t6-/m1/s1. The van der Waals surface area contributed by atoms with Crippen molar-refractivity contribution >= 4 is 5.97 Å². The van der Waals surface area contributed by atoms with E-state index in [1.54, 1.807) is 6.92 Å². The van der Waals surface area contributed by atoms with Crippen molar-refractivity contribution in [2.75, 3.05) is 19.8 Å². The summed E-state index contributed by atoms with van der Waals surface area (Å²) in [6.07, 6.45) is 0. The minimum atomic E-state index is -0.832. The fourth-order valence-electron chi connectivity index (χ4n) is 0.579. The first-order valence-electron chi connectivity index (χ1n) is 3.72. The van der Waals surface area contributed by atoms with Gasteiger partial charge in [-0.05, 0) is 13.8 Å². The molecule has 0 radical (unpaired) electrons. The number of carboxylic acid groups (broad SMARTS) is 1. The second-order valence-corrected chi connectivity index (χ2v) is 2.21. The third kappa shape index (κ3) is 5.82. The highest BCUT2D eigenvalue weighted by atomic mass is 16.5. The summed E-state index contributed by atoms with van der Waals surface area (Å²) in [7, 11) is 0. The quantitative estimate of drug-likeness (QED) is 0.542. The molecule has 2 N–H and O–H groups in total. The van der Waals surface area contributed by atoms with Crippen molar-refractivity contribution in [1.29, 1.82) is 0 Å². The van der Waals surface area contributed by atoms with E-state index < -0.39 is 12.0 Å². The molecule has 4 nitrogen and oxygen atoms in total. The van der Waals surface area contributed by atoms with Crippen LogP contribution in [0.3, 0.4) is 0 Å². The summed E-state index contributed by atoms with van der Waals surface area (Å²) in [6, 6.07) is -0.490. The third-order valence-corrected chi connectivity index (χ3v) is 1.27. The van der Waals surface area contributed by atoms with E-state index in [0.29, 0.717) is 19.8 Å². The van der Waals surface area contributed by atoms with Crippen LogP contribution in [0.15, 0.2) is 0 Å². The SMILES string of the molecule is CCOCCN[C@H](C)C(=O)O. The van der Waals surface area contributed by atoms with Gasteiger partial charge in [-0.1, -0.05) is 0 Å². The van der Waals surface area contributed by atoms with Crippen LogP contribution in [0, 0.1) is 0 Å². The smallest absolute Gasteiger partial charge is 0.320 e. The summed E-state index contributed by atoms with van der Waals surface area (Å²) >= 11 is 0. The molecule has 0 fully saturated rings. The number of aliphatic carboxylic acids is 1. The van der Waals surface area contributed by atoms with Crippen molar-refractivity contribution in [3.05, 3.63) is 0 Å². The Morgan fingerprint density at radius 2 is 2.36 bits per heavy atom. The third-order valence-electron chi connectivity index (χ3n) is 1.27. The minimum Gasteiger partial charge on any atom is -0.480 e. The van der Waals surface area contributed by atoms with Gasteiger partial charge in [0.05, 0.1) is 6.61 Å². The molecule has 0 aromatic heterocycles. The zero-order valence-corrected chi connectivity index (χ0v) is 6.96. The van der Waals surface area contributed by atoms with E-state index in [2.05, 4.69) is 5.32 Å². The Balaban J connectivity index is 3.17. The Labute approximate surface area is 66.5 Å². The molecule has 0 spiro atoms. The van der Waals surface area contributed by atoms with Gasteiger partial charge in [0.2, 0.25) is 0 Å². The highest BCUT2D eigenvalue weighted by Crippen LogP contribution is 1.79. The summed E-state index contributed by atoms with van der Waals surface area (Å²) in [5.41, 5.74) is 0. The van der Waals surface area contributed by atoms with Gasteiger partial charge in [0.1, 0.15) is 6.04 Å². The van der Waals surface area contributed by atoms with Crippen LogP contribution in [-0.2, 0) is 9.53 Å². The average Bonchev–Trinajstić information content (AvgIpc) is 1.97. The molecule has 66 valence electrons. The Bertz CT molecular complexity index is 116. The van der Waals surface area contributed by atoms with Gasteiger partial charge in [0.15, 0.2) is 0 Å². The van der Waals surface area contributed by atoms with Gasteiger partial charge in [0, 0.05) is 13.2 Å². The molecule has 4 heteroatoms. The molecule has 0 bridgehead atoms. The molecule has 11 heavy (non-hydrogen) atoms. The maximum atomic E-state index is 10.3. The first-order chi connectivity index (χ1) is 5.18. The van der Waals surface area contributed by atoms with Gasteiger partial charge < -0.3 is 15.2 Å². The zero-order chi connectivity index (χ0) is 8.69. The second-order valence-electron chi connectivity index (χ2n) is 2.21. The normalized spacial score (nSPS) is 12.9. The fourth-order valence-corrected chi connectivity index (χ4v) is 0.579. The number of nitrogens with one attached hydrogen (secondary N) is 1. The summed E-state index contributed by atoms with van der Waals surface area (Å²) in [5.74, 6) is -0.832. The topological polar surface area (TPSA) is 58.6 Å². The van der Waals surface area contributed by atoms with E-state index in [0.717, 1.165) is 0 Å². The van der Waals surface area contributed by atoms with Gasteiger partial charge in [-0.2, -0.15) is 0 Å². The number of hydrogen-bond acceptors (Lipinski definition) is 3. The van der Waals surface area contributed by atoms with Crippen molar-refractivity contribution < 1.29 is 14.6 Å². The average molecular weight is 161 g/mol. The van der Waals surface area contributed by atoms with Crippen LogP contribution in [0.25, 0.3) is 0 Å². The van der Waals surface area contributed by atoms with Crippen LogP contribution in [0.5, 0.6) is 0 Å². The molecule has 0 rings (SSSR count). The summed E-state index contributed by atoms with van der Waals surface area (Å²) in [6.45, 7) is 5.33. The lowest BCUT2D eigenvalue weighted by Crippen LogP contribution is -2.35. The predicted molar refractivity (Wildman–Crippen MR) is 41.6 cm³/mol. The van der Waals surface area contributed by atoms with Crippen molar-refractivity contribution in [1.82, 2.24) is 5.32 Å². The van der Waals surface area contributed by atoms with Crippen LogP contribution in [0.4, 0.5) is 0 Å². The molecule has 1 atom stereocenters. The first kappa shape index (κ1) is 10.4. The molecule has 0 amide bonds. The van der Waals surface area contributed by atoms with Gasteiger partial charge in [-0.25, -0.2) is 0 Å². The van der Waals surface area contributed by atoms with Gasteiger partial charge in [-0.3, -0.25) is 4.79 Å².